The van der Waals surface area contributed by atoms with E-state index in [0.717, 1.165) is 22.4 Å². The lowest BCUT2D eigenvalue weighted by Gasteiger charge is -2.39. The van der Waals surface area contributed by atoms with Crippen LogP contribution in [0.2, 0.25) is 0 Å². The summed E-state index contributed by atoms with van der Waals surface area (Å²) in [7, 11) is 0. The summed E-state index contributed by atoms with van der Waals surface area (Å²) in [6.45, 7) is 4.75. The first-order valence-electron chi connectivity index (χ1n) is 9.90. The van der Waals surface area contributed by atoms with Gasteiger partial charge < -0.3 is 9.80 Å². The van der Waals surface area contributed by atoms with Crippen molar-refractivity contribution in [1.82, 2.24) is 4.90 Å². The molecule has 0 N–H and O–H groups in total. The Balaban J connectivity index is 1.61. The summed E-state index contributed by atoms with van der Waals surface area (Å²) in [6, 6.07) is 25.0. The molecule has 4 rings (SSSR count). The zero-order valence-electron chi connectivity index (χ0n) is 16.7. The lowest BCUT2D eigenvalue weighted by Crippen LogP contribution is -2.57. The SMILES string of the molecule is Cc1cccc(C(=O)N2CCN(c3ccccc3-c3ccccc3)C(=O)C2C)c1. The van der Waals surface area contributed by atoms with Crippen molar-refractivity contribution < 1.29 is 9.59 Å². The van der Waals surface area contributed by atoms with Gasteiger partial charge in [0.25, 0.3) is 5.91 Å². The van der Waals surface area contributed by atoms with E-state index in [4.69, 9.17) is 0 Å². The number of carbonyl (C=O) groups excluding carboxylic acids is 2. The Morgan fingerprint density at radius 3 is 2.38 bits per heavy atom. The summed E-state index contributed by atoms with van der Waals surface area (Å²) in [5, 5.41) is 0. The largest absolute Gasteiger partial charge is 0.325 e. The van der Waals surface area contributed by atoms with Crippen LogP contribution in [0.25, 0.3) is 11.1 Å². The van der Waals surface area contributed by atoms with E-state index in [2.05, 4.69) is 0 Å². The van der Waals surface area contributed by atoms with Gasteiger partial charge in [-0.05, 0) is 37.6 Å². The minimum absolute atomic E-state index is 0.0550. The molecule has 1 saturated heterocycles. The van der Waals surface area contributed by atoms with Crippen LogP contribution < -0.4 is 4.90 Å². The van der Waals surface area contributed by atoms with Gasteiger partial charge in [-0.25, -0.2) is 0 Å². The number of hydrogen-bond donors (Lipinski definition) is 0. The Bertz CT molecular complexity index is 1050. The molecule has 4 nitrogen and oxygen atoms in total. The molecule has 0 saturated carbocycles. The van der Waals surface area contributed by atoms with E-state index in [0.29, 0.717) is 18.7 Å². The minimum Gasteiger partial charge on any atom is -0.325 e. The quantitative estimate of drug-likeness (QED) is 0.665. The fourth-order valence-corrected chi connectivity index (χ4v) is 3.90. The predicted molar refractivity (Wildman–Crippen MR) is 116 cm³/mol. The topological polar surface area (TPSA) is 40.6 Å². The van der Waals surface area contributed by atoms with Crippen molar-refractivity contribution in [3.63, 3.8) is 0 Å². The molecule has 146 valence electrons. The number of benzene rings is 3. The number of nitrogens with zero attached hydrogens (tertiary/aromatic N) is 2. The van der Waals surface area contributed by atoms with Gasteiger partial charge in [0.2, 0.25) is 5.91 Å². The van der Waals surface area contributed by atoms with Crippen LogP contribution in [0.5, 0.6) is 0 Å². The molecule has 1 fully saturated rings. The second-order valence-corrected chi connectivity index (χ2v) is 7.42. The molecule has 1 atom stereocenters. The average Bonchev–Trinajstić information content (AvgIpc) is 2.76. The highest BCUT2D eigenvalue weighted by Crippen LogP contribution is 2.32. The maximum Gasteiger partial charge on any atom is 0.254 e. The summed E-state index contributed by atoms with van der Waals surface area (Å²) in [4.78, 5) is 29.7. The third-order valence-corrected chi connectivity index (χ3v) is 5.46. The molecule has 4 heteroatoms. The smallest absolute Gasteiger partial charge is 0.254 e. The second kappa shape index (κ2) is 7.92. The van der Waals surface area contributed by atoms with Crippen molar-refractivity contribution in [2.75, 3.05) is 18.0 Å². The molecule has 1 heterocycles. The number of amides is 2. The Kier molecular flexibility index (Phi) is 5.17. The van der Waals surface area contributed by atoms with Crippen molar-refractivity contribution in [3.8, 4) is 11.1 Å². The van der Waals surface area contributed by atoms with Crippen molar-refractivity contribution in [2.24, 2.45) is 0 Å². The fourth-order valence-electron chi connectivity index (χ4n) is 3.90. The Morgan fingerprint density at radius 2 is 1.62 bits per heavy atom. The van der Waals surface area contributed by atoms with Gasteiger partial charge in [0.15, 0.2) is 0 Å². The molecule has 1 unspecified atom stereocenters. The van der Waals surface area contributed by atoms with Crippen molar-refractivity contribution in [2.45, 2.75) is 19.9 Å². The van der Waals surface area contributed by atoms with Crippen LogP contribution in [0.3, 0.4) is 0 Å². The Hall–Kier alpha value is -3.40. The number of carbonyl (C=O) groups is 2. The lowest BCUT2D eigenvalue weighted by molar-refractivity contribution is -0.124. The predicted octanol–water partition coefficient (Wildman–Crippen LogP) is 4.54. The maximum atomic E-state index is 13.3. The molecule has 3 aromatic rings. The summed E-state index contributed by atoms with van der Waals surface area (Å²) >= 11 is 0. The molecule has 0 spiro atoms. The average molecular weight is 384 g/mol. The van der Waals surface area contributed by atoms with E-state index >= 15 is 0 Å². The highest BCUT2D eigenvalue weighted by atomic mass is 16.2. The first-order valence-corrected chi connectivity index (χ1v) is 9.90. The van der Waals surface area contributed by atoms with E-state index in [1.54, 1.807) is 4.90 Å². The molecule has 2 amide bonds. The number of piperazine rings is 1. The van der Waals surface area contributed by atoms with Crippen LogP contribution >= 0.6 is 0 Å². The standard InChI is InChI=1S/C25H24N2O2/c1-18-9-8-12-21(17-18)25(29)26-15-16-27(24(28)19(26)2)23-14-7-6-13-22(23)20-10-4-3-5-11-20/h3-14,17,19H,15-16H2,1-2H3. The van der Waals surface area contributed by atoms with Crippen LogP contribution in [-0.4, -0.2) is 35.8 Å². The lowest BCUT2D eigenvalue weighted by atomic mass is 10.0. The van der Waals surface area contributed by atoms with Crippen molar-refractivity contribution >= 4 is 17.5 Å². The molecule has 0 aromatic heterocycles. The molecule has 0 radical (unpaired) electrons. The molecule has 0 aliphatic carbocycles. The summed E-state index contributed by atoms with van der Waals surface area (Å²) in [5.74, 6) is -0.147. The Morgan fingerprint density at radius 1 is 0.897 bits per heavy atom. The van der Waals surface area contributed by atoms with Gasteiger partial charge in [0.1, 0.15) is 6.04 Å². The third-order valence-electron chi connectivity index (χ3n) is 5.46. The van der Waals surface area contributed by atoms with Crippen LogP contribution in [-0.2, 0) is 4.79 Å². The fraction of sp³-hybridized carbons (Fsp3) is 0.200. The first kappa shape index (κ1) is 18.9. The van der Waals surface area contributed by atoms with E-state index in [1.165, 1.54) is 0 Å². The van der Waals surface area contributed by atoms with Crippen LogP contribution in [0.1, 0.15) is 22.8 Å². The molecule has 1 aliphatic rings. The van der Waals surface area contributed by atoms with E-state index < -0.39 is 6.04 Å². The molecular formula is C25H24N2O2. The molecule has 1 aliphatic heterocycles. The zero-order chi connectivity index (χ0) is 20.4. The van der Waals surface area contributed by atoms with E-state index in [1.807, 2.05) is 97.6 Å². The van der Waals surface area contributed by atoms with Gasteiger partial charge in [0, 0.05) is 24.2 Å². The number of rotatable bonds is 3. The monoisotopic (exact) mass is 384 g/mol. The van der Waals surface area contributed by atoms with Gasteiger partial charge >= 0.3 is 0 Å². The highest BCUT2D eigenvalue weighted by Gasteiger charge is 2.36. The zero-order valence-corrected chi connectivity index (χ0v) is 16.7. The summed E-state index contributed by atoms with van der Waals surface area (Å²) < 4.78 is 0. The van der Waals surface area contributed by atoms with Crippen LogP contribution in [0, 0.1) is 6.92 Å². The molecule has 29 heavy (non-hydrogen) atoms. The first-order chi connectivity index (χ1) is 14.1. The number of aryl methyl sites for hydroxylation is 1. The molecule has 0 bridgehead atoms. The Labute approximate surface area is 171 Å². The number of anilines is 1. The third kappa shape index (κ3) is 3.66. The van der Waals surface area contributed by atoms with E-state index in [-0.39, 0.29) is 11.8 Å². The van der Waals surface area contributed by atoms with Crippen LogP contribution in [0.4, 0.5) is 5.69 Å². The van der Waals surface area contributed by atoms with Gasteiger partial charge in [-0.2, -0.15) is 0 Å². The van der Waals surface area contributed by atoms with E-state index in [9.17, 15) is 9.59 Å². The summed E-state index contributed by atoms with van der Waals surface area (Å²) in [5.41, 5.74) is 4.64. The van der Waals surface area contributed by atoms with Crippen molar-refractivity contribution in [3.05, 3.63) is 90.0 Å². The van der Waals surface area contributed by atoms with Gasteiger partial charge in [-0.3, -0.25) is 9.59 Å². The highest BCUT2D eigenvalue weighted by molar-refractivity contribution is 6.05. The molecule has 3 aromatic carbocycles. The van der Waals surface area contributed by atoms with Gasteiger partial charge in [-0.15, -0.1) is 0 Å². The number of hydrogen-bond acceptors (Lipinski definition) is 2. The molecular weight excluding hydrogens is 360 g/mol. The number of para-hydroxylation sites is 1. The van der Waals surface area contributed by atoms with Crippen LogP contribution in [0.15, 0.2) is 78.9 Å². The maximum absolute atomic E-state index is 13.3. The van der Waals surface area contributed by atoms with Gasteiger partial charge in [0.05, 0.1) is 5.69 Å². The minimum atomic E-state index is -0.513. The summed E-state index contributed by atoms with van der Waals surface area (Å²) in [6.07, 6.45) is 0. The second-order valence-electron chi connectivity index (χ2n) is 7.42. The van der Waals surface area contributed by atoms with Gasteiger partial charge in [-0.1, -0.05) is 66.2 Å². The van der Waals surface area contributed by atoms with Crippen molar-refractivity contribution in [1.29, 1.82) is 0 Å². The normalized spacial score (nSPS) is 16.8.